The Morgan fingerprint density at radius 2 is 2.20 bits per heavy atom. The molecule has 2 aromatic heterocycles. The topological polar surface area (TPSA) is 75.3 Å². The van der Waals surface area contributed by atoms with Crippen molar-refractivity contribution in [3.8, 4) is 5.75 Å². The van der Waals surface area contributed by atoms with Crippen molar-refractivity contribution in [2.45, 2.75) is 19.9 Å². The van der Waals surface area contributed by atoms with Crippen molar-refractivity contribution >= 4 is 27.5 Å². The van der Waals surface area contributed by atoms with Gasteiger partial charge in [0.05, 0.1) is 12.1 Å². The first-order valence-corrected chi connectivity index (χ1v) is 8.87. The van der Waals surface area contributed by atoms with Crippen molar-refractivity contribution in [3.63, 3.8) is 0 Å². The molecule has 1 N–H and O–H groups in total. The van der Waals surface area contributed by atoms with Crippen LogP contribution in [0.4, 0.5) is 0 Å². The highest BCUT2D eigenvalue weighted by Gasteiger charge is 2.13. The summed E-state index contributed by atoms with van der Waals surface area (Å²) in [5.41, 5.74) is 1.63. The summed E-state index contributed by atoms with van der Waals surface area (Å²) >= 11 is 1.35. The summed E-state index contributed by atoms with van der Waals surface area (Å²) in [4.78, 5) is 32.8. The summed E-state index contributed by atoms with van der Waals surface area (Å²) in [6.45, 7) is 2.23. The van der Waals surface area contributed by atoms with Gasteiger partial charge in [0, 0.05) is 7.05 Å². The number of rotatable bonds is 6. The summed E-state index contributed by atoms with van der Waals surface area (Å²) < 4.78 is 6.16. The van der Waals surface area contributed by atoms with Gasteiger partial charge in [-0.15, -0.1) is 11.3 Å². The Morgan fingerprint density at radius 1 is 1.36 bits per heavy atom. The third-order valence-corrected chi connectivity index (χ3v) is 4.75. The Morgan fingerprint density at radius 3 is 3.00 bits per heavy atom. The largest absolute Gasteiger partial charge is 0.484 e. The fourth-order valence-corrected chi connectivity index (χ4v) is 3.15. The molecular weight excluding hydrogens is 338 g/mol. The Balaban J connectivity index is 1.62. The molecule has 1 aromatic carbocycles. The van der Waals surface area contributed by atoms with Crippen LogP contribution in [0.5, 0.6) is 5.75 Å². The number of likely N-dealkylation sites (N-methyl/N-ethyl adjacent to an activating group) is 1. The van der Waals surface area contributed by atoms with Crippen molar-refractivity contribution in [2.75, 3.05) is 13.7 Å². The van der Waals surface area contributed by atoms with Gasteiger partial charge in [0.1, 0.15) is 16.3 Å². The second-order valence-electron chi connectivity index (χ2n) is 5.69. The van der Waals surface area contributed by atoms with Crippen LogP contribution in [-0.4, -0.2) is 34.4 Å². The number of ether oxygens (including phenoxy) is 1. The first kappa shape index (κ1) is 17.2. The van der Waals surface area contributed by atoms with E-state index in [0.717, 1.165) is 12.0 Å². The molecule has 0 bridgehead atoms. The van der Waals surface area contributed by atoms with E-state index in [1.807, 2.05) is 29.6 Å². The van der Waals surface area contributed by atoms with Crippen molar-refractivity contribution in [3.05, 3.63) is 57.5 Å². The highest BCUT2D eigenvalue weighted by molar-refractivity contribution is 7.17. The van der Waals surface area contributed by atoms with Crippen LogP contribution in [0.25, 0.3) is 10.2 Å². The molecule has 0 unspecified atom stereocenters. The number of carbonyl (C=O) groups is 1. The standard InChI is InChI=1S/C18H19N3O3S/c1-3-12-5-4-6-13(9-12)24-11-16(22)21(2)10-15-19-14-7-8-25-17(14)18(23)20-15/h4-9H,3,10-11H2,1-2H3,(H,19,20,23). The van der Waals surface area contributed by atoms with E-state index in [0.29, 0.717) is 21.8 Å². The Labute approximate surface area is 149 Å². The number of nitrogens with one attached hydrogen (secondary N) is 1. The van der Waals surface area contributed by atoms with Crippen LogP contribution in [0.3, 0.4) is 0 Å². The van der Waals surface area contributed by atoms with Crippen molar-refractivity contribution in [2.24, 2.45) is 0 Å². The molecule has 3 rings (SSSR count). The molecule has 0 aliphatic rings. The van der Waals surface area contributed by atoms with Crippen molar-refractivity contribution in [1.29, 1.82) is 0 Å². The second kappa shape index (κ2) is 7.48. The molecule has 0 saturated carbocycles. The number of hydrogen-bond acceptors (Lipinski definition) is 5. The first-order valence-electron chi connectivity index (χ1n) is 7.99. The summed E-state index contributed by atoms with van der Waals surface area (Å²) in [7, 11) is 1.66. The maximum Gasteiger partial charge on any atom is 0.268 e. The van der Waals surface area contributed by atoms with Gasteiger partial charge in [0.15, 0.2) is 6.61 Å². The number of H-pyrrole nitrogens is 1. The number of amides is 1. The SMILES string of the molecule is CCc1cccc(OCC(=O)N(C)Cc2nc3ccsc3c(=O)[nH]2)c1. The van der Waals surface area contributed by atoms with Gasteiger partial charge in [-0.3, -0.25) is 9.59 Å². The highest BCUT2D eigenvalue weighted by atomic mass is 32.1. The predicted octanol–water partition coefficient (Wildman–Crippen LogP) is 2.58. The third-order valence-electron chi connectivity index (χ3n) is 3.85. The minimum atomic E-state index is -0.185. The van der Waals surface area contributed by atoms with E-state index >= 15 is 0 Å². The van der Waals surface area contributed by atoms with Crippen LogP contribution in [0.1, 0.15) is 18.3 Å². The lowest BCUT2D eigenvalue weighted by Gasteiger charge is -2.17. The average molecular weight is 357 g/mol. The van der Waals surface area contributed by atoms with Gasteiger partial charge in [-0.2, -0.15) is 0 Å². The molecule has 130 valence electrons. The predicted molar refractivity (Wildman–Crippen MR) is 98.0 cm³/mol. The van der Waals surface area contributed by atoms with Gasteiger partial charge in [0.25, 0.3) is 11.5 Å². The van der Waals surface area contributed by atoms with E-state index in [4.69, 9.17) is 4.74 Å². The zero-order chi connectivity index (χ0) is 17.8. The van der Waals surface area contributed by atoms with Gasteiger partial charge in [-0.05, 0) is 35.6 Å². The maximum atomic E-state index is 12.3. The molecule has 6 nitrogen and oxygen atoms in total. The van der Waals surface area contributed by atoms with Crippen LogP contribution in [0.15, 0.2) is 40.5 Å². The van der Waals surface area contributed by atoms with E-state index in [1.54, 1.807) is 13.1 Å². The monoisotopic (exact) mass is 357 g/mol. The highest BCUT2D eigenvalue weighted by Crippen LogP contribution is 2.15. The number of hydrogen-bond donors (Lipinski definition) is 1. The zero-order valence-electron chi connectivity index (χ0n) is 14.1. The van der Waals surface area contributed by atoms with Crippen molar-refractivity contribution < 1.29 is 9.53 Å². The lowest BCUT2D eigenvalue weighted by Crippen LogP contribution is -2.32. The molecule has 7 heteroatoms. The molecule has 0 saturated heterocycles. The van der Waals surface area contributed by atoms with Crippen LogP contribution in [0, 0.1) is 0 Å². The van der Waals surface area contributed by atoms with Crippen molar-refractivity contribution in [1.82, 2.24) is 14.9 Å². The second-order valence-corrected chi connectivity index (χ2v) is 6.60. The van der Waals surface area contributed by atoms with Gasteiger partial charge in [-0.25, -0.2) is 4.98 Å². The van der Waals surface area contributed by atoms with Crippen LogP contribution >= 0.6 is 11.3 Å². The molecule has 3 aromatic rings. The van der Waals surface area contributed by atoms with Crippen LogP contribution in [0.2, 0.25) is 0 Å². The number of aromatic amines is 1. The quantitative estimate of drug-likeness (QED) is 0.736. The van der Waals surface area contributed by atoms with E-state index in [9.17, 15) is 9.59 Å². The summed E-state index contributed by atoms with van der Waals surface area (Å²) in [5, 5.41) is 1.82. The summed E-state index contributed by atoms with van der Waals surface area (Å²) in [6.07, 6.45) is 0.912. The van der Waals surface area contributed by atoms with E-state index in [2.05, 4.69) is 16.9 Å². The maximum absolute atomic E-state index is 12.3. The minimum absolute atomic E-state index is 0.0609. The first-order chi connectivity index (χ1) is 12.1. The fraction of sp³-hybridized carbons (Fsp3) is 0.278. The van der Waals surface area contributed by atoms with Gasteiger partial charge < -0.3 is 14.6 Å². The van der Waals surface area contributed by atoms with E-state index in [-0.39, 0.29) is 24.6 Å². The number of benzene rings is 1. The molecule has 0 atom stereocenters. The van der Waals surface area contributed by atoms with Crippen LogP contribution in [-0.2, 0) is 17.8 Å². The van der Waals surface area contributed by atoms with Crippen LogP contribution < -0.4 is 10.3 Å². The Kier molecular flexibility index (Phi) is 5.14. The van der Waals surface area contributed by atoms with E-state index in [1.165, 1.54) is 16.2 Å². The number of fused-ring (bicyclic) bond motifs is 1. The molecule has 25 heavy (non-hydrogen) atoms. The molecule has 0 fully saturated rings. The number of aryl methyl sites for hydroxylation is 1. The molecule has 0 aliphatic carbocycles. The minimum Gasteiger partial charge on any atom is -0.484 e. The molecule has 0 radical (unpaired) electrons. The Bertz CT molecular complexity index is 948. The summed E-state index contributed by atoms with van der Waals surface area (Å²) in [5.74, 6) is 0.946. The molecule has 2 heterocycles. The van der Waals surface area contributed by atoms with Gasteiger partial charge >= 0.3 is 0 Å². The number of carbonyl (C=O) groups excluding carboxylic acids is 1. The molecule has 1 amide bonds. The molecule has 0 spiro atoms. The zero-order valence-corrected chi connectivity index (χ0v) is 14.9. The number of nitrogens with zero attached hydrogens (tertiary/aromatic N) is 2. The lowest BCUT2D eigenvalue weighted by atomic mass is 10.2. The third kappa shape index (κ3) is 4.06. The molecule has 0 aliphatic heterocycles. The fourth-order valence-electron chi connectivity index (χ4n) is 2.42. The number of thiophene rings is 1. The molecular formula is C18H19N3O3S. The number of aromatic nitrogens is 2. The Hall–Kier alpha value is -2.67. The van der Waals surface area contributed by atoms with Gasteiger partial charge in [-0.1, -0.05) is 19.1 Å². The van der Waals surface area contributed by atoms with E-state index < -0.39 is 0 Å². The average Bonchev–Trinajstić information content (AvgIpc) is 3.09. The smallest absolute Gasteiger partial charge is 0.268 e. The summed E-state index contributed by atoms with van der Waals surface area (Å²) in [6, 6.07) is 9.48. The lowest BCUT2D eigenvalue weighted by molar-refractivity contribution is -0.132. The van der Waals surface area contributed by atoms with Gasteiger partial charge in [0.2, 0.25) is 0 Å². The normalized spacial score (nSPS) is 10.8.